The Balaban J connectivity index is 1.25. The first-order valence-electron chi connectivity index (χ1n) is 14.2. The first kappa shape index (κ1) is 29.4. The van der Waals surface area contributed by atoms with E-state index in [1.54, 1.807) is 11.0 Å². The lowest BCUT2D eigenvalue weighted by atomic mass is 10.1. The molecule has 1 aliphatic carbocycles. The summed E-state index contributed by atoms with van der Waals surface area (Å²) in [5.41, 5.74) is 3.91. The number of hydrogen-bond donors (Lipinski definition) is 2. The Morgan fingerprint density at radius 1 is 1.07 bits per heavy atom. The molecule has 0 bridgehead atoms. The lowest BCUT2D eigenvalue weighted by molar-refractivity contribution is -0.136. The fraction of sp³-hybridized carbons (Fsp3) is 0.375. The van der Waals surface area contributed by atoms with Gasteiger partial charge in [0, 0.05) is 41.4 Å². The minimum Gasteiger partial charge on any atom is -0.494 e. The highest BCUT2D eigenvalue weighted by atomic mass is 35.5. The summed E-state index contributed by atoms with van der Waals surface area (Å²) in [6, 6.07) is 20.8. The number of ether oxygens (including phenoxy) is 1. The van der Waals surface area contributed by atoms with Crippen molar-refractivity contribution in [2.24, 2.45) is 0 Å². The van der Waals surface area contributed by atoms with E-state index in [9.17, 15) is 9.59 Å². The van der Waals surface area contributed by atoms with Gasteiger partial charge in [0.2, 0.25) is 11.8 Å². The number of amides is 2. The van der Waals surface area contributed by atoms with Crippen molar-refractivity contribution in [3.8, 4) is 5.75 Å². The summed E-state index contributed by atoms with van der Waals surface area (Å²) in [6.07, 6.45) is 3.60. The van der Waals surface area contributed by atoms with Gasteiger partial charge in [0.1, 0.15) is 11.8 Å². The van der Waals surface area contributed by atoms with Crippen LogP contribution in [0.4, 0.5) is 5.69 Å². The number of rotatable bonds is 12. The van der Waals surface area contributed by atoms with E-state index in [2.05, 4.69) is 16.7 Å². The van der Waals surface area contributed by atoms with E-state index in [-0.39, 0.29) is 24.4 Å². The normalized spacial score (nSPS) is 17.0. The number of aryl methyl sites for hydroxylation is 1. The highest BCUT2D eigenvalue weighted by molar-refractivity contribution is 6.31. The van der Waals surface area contributed by atoms with Crippen molar-refractivity contribution in [3.63, 3.8) is 0 Å². The molecule has 9 heteroatoms. The van der Waals surface area contributed by atoms with Crippen LogP contribution in [0.3, 0.4) is 0 Å². The predicted octanol–water partition coefficient (Wildman–Crippen LogP) is 5.22. The number of halogens is 2. The average molecular weight is 596 g/mol. The number of carbonyl (C=O) groups is 2. The number of nitrogens with zero attached hydrogens (tertiary/aromatic N) is 2. The van der Waals surface area contributed by atoms with Gasteiger partial charge in [0.25, 0.3) is 0 Å². The van der Waals surface area contributed by atoms with E-state index < -0.39 is 6.04 Å². The number of hydrogen-bond acceptors (Lipinski definition) is 5. The van der Waals surface area contributed by atoms with Crippen LogP contribution in [-0.2, 0) is 29.1 Å². The molecule has 2 amide bonds. The van der Waals surface area contributed by atoms with Gasteiger partial charge in [-0.3, -0.25) is 14.5 Å². The molecule has 0 unspecified atom stereocenters. The lowest BCUT2D eigenvalue weighted by Gasteiger charge is -2.38. The molecule has 2 fully saturated rings. The molecule has 0 aromatic heterocycles. The van der Waals surface area contributed by atoms with E-state index in [0.29, 0.717) is 29.7 Å². The van der Waals surface area contributed by atoms with E-state index >= 15 is 0 Å². The van der Waals surface area contributed by atoms with Crippen molar-refractivity contribution < 1.29 is 14.3 Å². The average Bonchev–Trinajstić information content (AvgIpc) is 3.81. The summed E-state index contributed by atoms with van der Waals surface area (Å²) >= 11 is 12.6. The van der Waals surface area contributed by atoms with Crippen LogP contribution >= 0.6 is 23.2 Å². The molecular weight excluding hydrogens is 559 g/mol. The van der Waals surface area contributed by atoms with Crippen molar-refractivity contribution in [2.75, 3.05) is 31.6 Å². The maximum atomic E-state index is 14.0. The molecule has 1 atom stereocenters. The fourth-order valence-electron chi connectivity index (χ4n) is 5.25. The summed E-state index contributed by atoms with van der Waals surface area (Å²) in [7, 11) is 1.90. The van der Waals surface area contributed by atoms with Crippen molar-refractivity contribution in [2.45, 2.75) is 50.9 Å². The zero-order valence-electron chi connectivity index (χ0n) is 23.2. The Labute approximate surface area is 251 Å². The van der Waals surface area contributed by atoms with Gasteiger partial charge < -0.3 is 20.3 Å². The summed E-state index contributed by atoms with van der Waals surface area (Å²) in [5.74, 6) is 0.599. The van der Waals surface area contributed by atoms with Gasteiger partial charge in [0.15, 0.2) is 0 Å². The van der Waals surface area contributed by atoms with Crippen LogP contribution in [-0.4, -0.2) is 55.5 Å². The molecule has 1 heterocycles. The number of nitrogens with one attached hydrogen (secondary N) is 2. The summed E-state index contributed by atoms with van der Waals surface area (Å²) in [5, 5.41) is 7.61. The van der Waals surface area contributed by atoms with E-state index in [4.69, 9.17) is 27.9 Å². The van der Waals surface area contributed by atoms with Crippen molar-refractivity contribution in [1.82, 2.24) is 15.5 Å². The fourth-order valence-corrected chi connectivity index (χ4v) is 5.60. The predicted molar refractivity (Wildman–Crippen MR) is 164 cm³/mol. The van der Waals surface area contributed by atoms with Gasteiger partial charge >= 0.3 is 0 Å². The topological polar surface area (TPSA) is 73.9 Å². The lowest BCUT2D eigenvalue weighted by Crippen LogP contribution is -2.61. The molecule has 3 aromatic rings. The maximum absolute atomic E-state index is 14.0. The Morgan fingerprint density at radius 2 is 1.85 bits per heavy atom. The maximum Gasteiger partial charge on any atom is 0.247 e. The van der Waals surface area contributed by atoms with Crippen molar-refractivity contribution >= 4 is 40.7 Å². The molecule has 0 radical (unpaired) electrons. The molecule has 41 heavy (non-hydrogen) atoms. The van der Waals surface area contributed by atoms with Gasteiger partial charge in [-0.25, -0.2) is 0 Å². The number of carbonyl (C=O) groups excluding carboxylic acids is 2. The van der Waals surface area contributed by atoms with Gasteiger partial charge in [0.05, 0.1) is 13.2 Å². The molecule has 3 aromatic carbocycles. The standard InChI is InChI=1S/C32H36Cl2N4O3/c1-35-18-23-9-14-29(34)24(16-23)21-37(26-12-13-26)32(40)30-19-36-20-31(39)38(30)27-10-7-22(8-11-27)4-3-15-41-28-6-2-5-25(33)17-28/h2,5-11,14,16-17,26,30,35-36H,3-4,12-13,15,18-21H2,1H3/t30-/m1/s1. The van der Waals surface area contributed by atoms with Crippen molar-refractivity contribution in [1.29, 1.82) is 0 Å². The first-order chi connectivity index (χ1) is 19.9. The Hall–Kier alpha value is -3.10. The third-order valence-electron chi connectivity index (χ3n) is 7.47. The van der Waals surface area contributed by atoms with Gasteiger partial charge in [-0.15, -0.1) is 0 Å². The van der Waals surface area contributed by atoms with Crippen LogP contribution in [0.5, 0.6) is 5.75 Å². The third kappa shape index (κ3) is 7.60. The molecule has 5 rings (SSSR count). The molecule has 2 aliphatic rings. The molecule has 1 aliphatic heterocycles. The second-order valence-electron chi connectivity index (χ2n) is 10.6. The SMILES string of the molecule is CNCc1ccc(Cl)c(CN(C(=O)[C@H]2CNCC(=O)N2c2ccc(CCCOc3cccc(Cl)c3)cc2)C2CC2)c1. The van der Waals surface area contributed by atoms with Crippen LogP contribution in [0.2, 0.25) is 10.0 Å². The summed E-state index contributed by atoms with van der Waals surface area (Å²) in [4.78, 5) is 30.7. The van der Waals surface area contributed by atoms with Crippen LogP contribution < -0.4 is 20.3 Å². The van der Waals surface area contributed by atoms with Crippen LogP contribution in [0.1, 0.15) is 36.0 Å². The molecule has 2 N–H and O–H groups in total. The first-order valence-corrected chi connectivity index (χ1v) is 14.9. The Bertz CT molecular complexity index is 1360. The second kappa shape index (κ2) is 13.7. The van der Waals surface area contributed by atoms with Gasteiger partial charge in [-0.2, -0.15) is 0 Å². The minimum absolute atomic E-state index is 0.0506. The largest absolute Gasteiger partial charge is 0.494 e. The van der Waals surface area contributed by atoms with E-state index in [0.717, 1.165) is 60.4 Å². The Kier molecular flexibility index (Phi) is 9.83. The molecule has 7 nitrogen and oxygen atoms in total. The van der Waals surface area contributed by atoms with Crippen LogP contribution in [0, 0.1) is 0 Å². The monoisotopic (exact) mass is 594 g/mol. The zero-order valence-corrected chi connectivity index (χ0v) is 24.8. The molecule has 0 spiro atoms. The molecule has 1 saturated heterocycles. The van der Waals surface area contributed by atoms with Crippen LogP contribution in [0.15, 0.2) is 66.7 Å². The quantitative estimate of drug-likeness (QED) is 0.281. The smallest absolute Gasteiger partial charge is 0.247 e. The third-order valence-corrected chi connectivity index (χ3v) is 8.07. The van der Waals surface area contributed by atoms with Gasteiger partial charge in [-0.1, -0.05) is 53.5 Å². The highest BCUT2D eigenvalue weighted by Gasteiger charge is 2.41. The number of piperazine rings is 1. The molecular formula is C32H36Cl2N4O3. The number of anilines is 1. The zero-order chi connectivity index (χ0) is 28.8. The Morgan fingerprint density at radius 3 is 2.59 bits per heavy atom. The van der Waals surface area contributed by atoms with Crippen molar-refractivity contribution in [3.05, 3.63) is 93.5 Å². The molecule has 1 saturated carbocycles. The molecule has 216 valence electrons. The van der Waals surface area contributed by atoms with E-state index in [1.807, 2.05) is 66.5 Å². The summed E-state index contributed by atoms with van der Waals surface area (Å²) in [6.45, 7) is 2.33. The van der Waals surface area contributed by atoms with E-state index in [1.165, 1.54) is 0 Å². The number of benzene rings is 3. The highest BCUT2D eigenvalue weighted by Crippen LogP contribution is 2.32. The second-order valence-corrected chi connectivity index (χ2v) is 11.5. The summed E-state index contributed by atoms with van der Waals surface area (Å²) < 4.78 is 5.80. The van der Waals surface area contributed by atoms with Crippen LogP contribution in [0.25, 0.3) is 0 Å². The van der Waals surface area contributed by atoms with Gasteiger partial charge in [-0.05, 0) is 85.8 Å². The minimum atomic E-state index is -0.618.